The maximum absolute atomic E-state index is 14.4. The van der Waals surface area contributed by atoms with Crippen LogP contribution in [0.4, 0.5) is 9.52 Å². The molecule has 164 valence electrons. The first-order valence-electron chi connectivity index (χ1n) is 8.82. The Morgan fingerprint density at radius 3 is 2.48 bits per heavy atom. The molecule has 0 aliphatic heterocycles. The van der Waals surface area contributed by atoms with E-state index in [0.29, 0.717) is 17.1 Å². The summed E-state index contributed by atoms with van der Waals surface area (Å²) in [5.41, 5.74) is 0.188. The molecule has 0 spiro atoms. The van der Waals surface area contributed by atoms with Crippen LogP contribution < -0.4 is 13.8 Å². The van der Waals surface area contributed by atoms with Crippen LogP contribution in [0.15, 0.2) is 52.9 Å². The van der Waals surface area contributed by atoms with E-state index >= 15 is 0 Å². The van der Waals surface area contributed by atoms with Crippen LogP contribution in [-0.2, 0) is 21.3 Å². The minimum absolute atomic E-state index is 0.122. The van der Waals surface area contributed by atoms with Gasteiger partial charge >= 0.3 is 5.97 Å². The number of anilines is 1. The van der Waals surface area contributed by atoms with Crippen molar-refractivity contribution in [2.24, 2.45) is 0 Å². The maximum atomic E-state index is 14.4. The standard InChI is InChI=1S/C20H19FN2O6S2/c1-27-14-5-4-13(18(10-14)28-2)12-23(20-22-8-9-30-20)31(25,26)15-6-7-16(17(21)11-15)19(24)29-3/h4-11H,12H2,1-3H3. The number of nitrogens with zero attached hydrogens (tertiary/aromatic N) is 2. The molecule has 0 fully saturated rings. The Hall–Kier alpha value is -3.18. The smallest absolute Gasteiger partial charge is 0.340 e. The van der Waals surface area contributed by atoms with Gasteiger partial charge in [0, 0.05) is 23.2 Å². The highest BCUT2D eigenvalue weighted by Gasteiger charge is 2.29. The van der Waals surface area contributed by atoms with Gasteiger partial charge in [-0.3, -0.25) is 0 Å². The number of ether oxygens (including phenoxy) is 3. The molecule has 0 atom stereocenters. The van der Waals surface area contributed by atoms with Crippen LogP contribution in [0.3, 0.4) is 0 Å². The molecule has 0 N–H and O–H groups in total. The second kappa shape index (κ2) is 9.31. The molecular weight excluding hydrogens is 447 g/mol. The topological polar surface area (TPSA) is 95.0 Å². The van der Waals surface area contributed by atoms with Gasteiger partial charge in [0.05, 0.1) is 38.3 Å². The fraction of sp³-hybridized carbons (Fsp3) is 0.200. The lowest BCUT2D eigenvalue weighted by Crippen LogP contribution is -2.31. The first-order valence-corrected chi connectivity index (χ1v) is 11.1. The number of rotatable bonds is 8. The zero-order valence-electron chi connectivity index (χ0n) is 16.9. The van der Waals surface area contributed by atoms with E-state index in [4.69, 9.17) is 9.47 Å². The molecule has 0 bridgehead atoms. The Labute approximate surface area is 182 Å². The number of aromatic nitrogens is 1. The molecule has 0 aliphatic carbocycles. The summed E-state index contributed by atoms with van der Waals surface area (Å²) in [5.74, 6) is -0.941. The van der Waals surface area contributed by atoms with E-state index in [1.54, 1.807) is 23.6 Å². The molecule has 31 heavy (non-hydrogen) atoms. The van der Waals surface area contributed by atoms with Gasteiger partial charge < -0.3 is 14.2 Å². The first-order chi connectivity index (χ1) is 14.8. The van der Waals surface area contributed by atoms with E-state index in [0.717, 1.165) is 41.0 Å². The summed E-state index contributed by atoms with van der Waals surface area (Å²) in [7, 11) is -0.155. The third-order valence-electron chi connectivity index (χ3n) is 4.37. The molecule has 0 radical (unpaired) electrons. The number of hydrogen-bond acceptors (Lipinski definition) is 8. The summed E-state index contributed by atoms with van der Waals surface area (Å²) < 4.78 is 57.3. The summed E-state index contributed by atoms with van der Waals surface area (Å²) in [6.07, 6.45) is 1.47. The van der Waals surface area contributed by atoms with E-state index < -0.39 is 21.8 Å². The van der Waals surface area contributed by atoms with Crippen LogP contribution in [0.25, 0.3) is 0 Å². The third kappa shape index (κ3) is 4.62. The predicted octanol–water partition coefficient (Wildman–Crippen LogP) is 3.48. The highest BCUT2D eigenvalue weighted by molar-refractivity contribution is 7.93. The van der Waals surface area contributed by atoms with Crippen molar-refractivity contribution in [2.75, 3.05) is 25.6 Å². The van der Waals surface area contributed by atoms with Crippen molar-refractivity contribution in [3.05, 3.63) is 64.9 Å². The lowest BCUT2D eigenvalue weighted by atomic mass is 10.2. The van der Waals surface area contributed by atoms with Gasteiger partial charge in [-0.15, -0.1) is 11.3 Å². The van der Waals surface area contributed by atoms with Crippen molar-refractivity contribution in [3.63, 3.8) is 0 Å². The van der Waals surface area contributed by atoms with Crippen molar-refractivity contribution in [1.82, 2.24) is 4.98 Å². The highest BCUT2D eigenvalue weighted by atomic mass is 32.2. The lowest BCUT2D eigenvalue weighted by molar-refractivity contribution is 0.0595. The van der Waals surface area contributed by atoms with Crippen LogP contribution in [0.5, 0.6) is 11.5 Å². The zero-order chi connectivity index (χ0) is 22.6. The van der Waals surface area contributed by atoms with Crippen LogP contribution in [-0.4, -0.2) is 40.7 Å². The Morgan fingerprint density at radius 2 is 1.90 bits per heavy atom. The molecule has 3 aromatic rings. The van der Waals surface area contributed by atoms with Gasteiger partial charge in [-0.25, -0.2) is 26.9 Å². The van der Waals surface area contributed by atoms with Crippen LogP contribution in [0, 0.1) is 5.82 Å². The number of sulfonamides is 1. The van der Waals surface area contributed by atoms with Crippen molar-refractivity contribution in [3.8, 4) is 11.5 Å². The average molecular weight is 467 g/mol. The van der Waals surface area contributed by atoms with Gasteiger partial charge in [-0.05, 0) is 30.3 Å². The summed E-state index contributed by atoms with van der Waals surface area (Å²) in [6.45, 7) is -0.122. The molecule has 11 heteroatoms. The van der Waals surface area contributed by atoms with Gasteiger partial charge in [0.25, 0.3) is 10.0 Å². The number of halogens is 1. The van der Waals surface area contributed by atoms with E-state index in [2.05, 4.69) is 9.72 Å². The predicted molar refractivity (Wildman–Crippen MR) is 113 cm³/mol. The monoisotopic (exact) mass is 466 g/mol. The molecule has 0 amide bonds. The number of methoxy groups -OCH3 is 3. The average Bonchev–Trinajstić information content (AvgIpc) is 3.31. The Balaban J connectivity index is 2.06. The van der Waals surface area contributed by atoms with Gasteiger partial charge in [0.1, 0.15) is 17.3 Å². The van der Waals surface area contributed by atoms with Gasteiger partial charge in [-0.2, -0.15) is 0 Å². The second-order valence-corrected chi connectivity index (χ2v) is 8.87. The fourth-order valence-corrected chi connectivity index (χ4v) is 5.07. The molecule has 2 aromatic carbocycles. The minimum atomic E-state index is -4.23. The molecule has 0 aliphatic rings. The van der Waals surface area contributed by atoms with Crippen LogP contribution in [0.1, 0.15) is 15.9 Å². The normalized spacial score (nSPS) is 11.1. The van der Waals surface area contributed by atoms with E-state index in [9.17, 15) is 17.6 Å². The summed E-state index contributed by atoms with van der Waals surface area (Å²) in [5, 5.41) is 1.82. The highest BCUT2D eigenvalue weighted by Crippen LogP contribution is 2.32. The van der Waals surface area contributed by atoms with Gasteiger partial charge in [0.2, 0.25) is 0 Å². The SMILES string of the molecule is COC(=O)c1ccc(S(=O)(=O)N(Cc2ccc(OC)cc2OC)c2nccs2)cc1F. The number of hydrogen-bond donors (Lipinski definition) is 0. The molecule has 3 rings (SSSR count). The largest absolute Gasteiger partial charge is 0.497 e. The van der Waals surface area contributed by atoms with E-state index in [-0.39, 0.29) is 22.1 Å². The Kier molecular flexibility index (Phi) is 6.76. The number of esters is 1. The number of benzene rings is 2. The maximum Gasteiger partial charge on any atom is 0.340 e. The van der Waals surface area contributed by atoms with Crippen molar-refractivity contribution in [2.45, 2.75) is 11.4 Å². The Morgan fingerprint density at radius 1 is 1.13 bits per heavy atom. The zero-order valence-corrected chi connectivity index (χ0v) is 18.5. The Bertz CT molecular complexity index is 1180. The van der Waals surface area contributed by atoms with Crippen molar-refractivity contribution < 1.29 is 31.8 Å². The van der Waals surface area contributed by atoms with E-state index in [1.807, 2.05) is 0 Å². The molecule has 0 saturated carbocycles. The summed E-state index contributed by atoms with van der Waals surface area (Å²) in [4.78, 5) is 15.4. The molecular formula is C20H19FN2O6S2. The van der Waals surface area contributed by atoms with E-state index in [1.165, 1.54) is 20.4 Å². The van der Waals surface area contributed by atoms with Crippen molar-refractivity contribution in [1.29, 1.82) is 0 Å². The molecule has 0 unspecified atom stereocenters. The molecule has 1 aromatic heterocycles. The van der Waals surface area contributed by atoms with Gasteiger partial charge in [0.15, 0.2) is 5.13 Å². The van der Waals surface area contributed by atoms with Crippen molar-refractivity contribution >= 4 is 32.5 Å². The second-order valence-electron chi connectivity index (χ2n) is 6.14. The minimum Gasteiger partial charge on any atom is -0.497 e. The number of thiazole rings is 1. The summed E-state index contributed by atoms with van der Waals surface area (Å²) >= 11 is 1.11. The van der Waals surface area contributed by atoms with Crippen LogP contribution >= 0.6 is 11.3 Å². The third-order valence-corrected chi connectivity index (χ3v) is 7.02. The number of carbonyl (C=O) groups is 1. The number of carbonyl (C=O) groups excluding carboxylic acids is 1. The fourth-order valence-electron chi connectivity index (χ4n) is 2.79. The summed E-state index contributed by atoms with van der Waals surface area (Å²) in [6, 6.07) is 7.99. The van der Waals surface area contributed by atoms with Gasteiger partial charge in [-0.1, -0.05) is 0 Å². The quantitative estimate of drug-likeness (QED) is 0.469. The van der Waals surface area contributed by atoms with Crippen LogP contribution in [0.2, 0.25) is 0 Å². The molecule has 0 saturated heterocycles. The molecule has 1 heterocycles. The lowest BCUT2D eigenvalue weighted by Gasteiger charge is -2.23. The first kappa shape index (κ1) is 22.5. The molecule has 8 nitrogen and oxygen atoms in total.